The summed E-state index contributed by atoms with van der Waals surface area (Å²) in [5.74, 6) is 0. The molecule has 0 fully saturated rings. The van der Waals surface area contributed by atoms with Gasteiger partial charge in [0.05, 0.1) is 0 Å². The van der Waals surface area contributed by atoms with Crippen LogP contribution in [0, 0.1) is 13.8 Å². The minimum absolute atomic E-state index is 0.869. The SMILES string of the molecule is Cc1cc(C=CCBr)c(C)cc1N. The topological polar surface area (TPSA) is 26.0 Å². The molecule has 0 amide bonds. The number of allylic oxidation sites excluding steroid dienone is 1. The normalized spacial score (nSPS) is 11.0. The molecule has 70 valence electrons. The first-order valence-corrected chi connectivity index (χ1v) is 5.36. The molecule has 0 unspecified atom stereocenters. The second-order valence-electron chi connectivity index (χ2n) is 3.12. The molecule has 13 heavy (non-hydrogen) atoms. The molecule has 0 bridgehead atoms. The Morgan fingerprint density at radius 2 is 2.00 bits per heavy atom. The molecular formula is C11H14BrN. The van der Waals surface area contributed by atoms with E-state index in [1.54, 1.807) is 0 Å². The van der Waals surface area contributed by atoms with Crippen LogP contribution < -0.4 is 5.73 Å². The van der Waals surface area contributed by atoms with Gasteiger partial charge in [0.15, 0.2) is 0 Å². The Balaban J connectivity index is 3.08. The second-order valence-corrected chi connectivity index (χ2v) is 3.77. The number of alkyl halides is 1. The smallest absolute Gasteiger partial charge is 0.0346 e. The van der Waals surface area contributed by atoms with E-state index >= 15 is 0 Å². The van der Waals surface area contributed by atoms with Crippen LogP contribution >= 0.6 is 15.9 Å². The van der Waals surface area contributed by atoms with Crippen molar-refractivity contribution in [1.29, 1.82) is 0 Å². The molecule has 0 spiro atoms. The molecule has 0 aliphatic rings. The Hall–Kier alpha value is -0.760. The van der Waals surface area contributed by atoms with Crippen LogP contribution in [0.2, 0.25) is 0 Å². The molecule has 0 aromatic heterocycles. The summed E-state index contributed by atoms with van der Waals surface area (Å²) in [7, 11) is 0. The summed E-state index contributed by atoms with van der Waals surface area (Å²) in [4.78, 5) is 0. The molecule has 0 saturated carbocycles. The third kappa shape index (κ3) is 2.59. The Labute approximate surface area is 87.8 Å². The van der Waals surface area contributed by atoms with E-state index in [0.717, 1.165) is 16.6 Å². The highest BCUT2D eigenvalue weighted by Gasteiger charge is 1.98. The van der Waals surface area contributed by atoms with Gasteiger partial charge in [-0.1, -0.05) is 28.1 Å². The molecule has 1 aromatic carbocycles. The van der Waals surface area contributed by atoms with Gasteiger partial charge in [-0.25, -0.2) is 0 Å². The van der Waals surface area contributed by atoms with Gasteiger partial charge in [-0.3, -0.25) is 0 Å². The minimum Gasteiger partial charge on any atom is -0.399 e. The van der Waals surface area contributed by atoms with E-state index in [1.807, 2.05) is 13.0 Å². The summed E-state index contributed by atoms with van der Waals surface area (Å²) in [6.45, 7) is 4.10. The van der Waals surface area contributed by atoms with Gasteiger partial charge in [0.25, 0.3) is 0 Å². The van der Waals surface area contributed by atoms with E-state index in [4.69, 9.17) is 5.73 Å². The van der Waals surface area contributed by atoms with Crippen molar-refractivity contribution < 1.29 is 0 Å². The summed E-state index contributed by atoms with van der Waals surface area (Å²) in [6, 6.07) is 4.13. The number of hydrogen-bond acceptors (Lipinski definition) is 1. The number of benzene rings is 1. The predicted molar refractivity (Wildman–Crippen MR) is 63.2 cm³/mol. The fourth-order valence-corrected chi connectivity index (χ4v) is 1.40. The molecule has 0 heterocycles. The standard InChI is InChI=1S/C11H14BrN/c1-8-7-11(13)9(2)6-10(8)4-3-5-12/h3-4,6-7H,5,13H2,1-2H3. The maximum atomic E-state index is 5.78. The molecule has 0 saturated heterocycles. The van der Waals surface area contributed by atoms with E-state index in [2.05, 4.69) is 41.1 Å². The zero-order valence-electron chi connectivity index (χ0n) is 7.97. The van der Waals surface area contributed by atoms with E-state index in [0.29, 0.717) is 0 Å². The monoisotopic (exact) mass is 239 g/mol. The van der Waals surface area contributed by atoms with Gasteiger partial charge in [-0.15, -0.1) is 0 Å². The molecule has 0 atom stereocenters. The fraction of sp³-hybridized carbons (Fsp3) is 0.273. The van der Waals surface area contributed by atoms with Crippen molar-refractivity contribution in [1.82, 2.24) is 0 Å². The van der Waals surface area contributed by atoms with Crippen molar-refractivity contribution in [2.45, 2.75) is 13.8 Å². The lowest BCUT2D eigenvalue weighted by atomic mass is 10.0. The van der Waals surface area contributed by atoms with Gasteiger partial charge in [-0.2, -0.15) is 0 Å². The van der Waals surface area contributed by atoms with Gasteiger partial charge in [0.2, 0.25) is 0 Å². The van der Waals surface area contributed by atoms with Crippen molar-refractivity contribution >= 4 is 27.7 Å². The number of nitrogen functional groups attached to an aromatic ring is 1. The Morgan fingerprint density at radius 1 is 1.31 bits per heavy atom. The lowest BCUT2D eigenvalue weighted by molar-refractivity contribution is 1.38. The molecule has 0 aliphatic carbocycles. The van der Waals surface area contributed by atoms with Crippen LogP contribution in [-0.2, 0) is 0 Å². The van der Waals surface area contributed by atoms with Gasteiger partial charge in [-0.05, 0) is 42.7 Å². The number of nitrogens with two attached hydrogens (primary N) is 1. The highest BCUT2D eigenvalue weighted by Crippen LogP contribution is 2.18. The summed E-state index contributed by atoms with van der Waals surface area (Å²) in [6.07, 6.45) is 4.19. The average molecular weight is 240 g/mol. The summed E-state index contributed by atoms with van der Waals surface area (Å²) in [5, 5.41) is 0.885. The summed E-state index contributed by atoms with van der Waals surface area (Å²) in [5.41, 5.74) is 10.3. The molecule has 1 aromatic rings. The first kappa shape index (κ1) is 10.3. The molecular weight excluding hydrogens is 226 g/mol. The quantitative estimate of drug-likeness (QED) is 0.623. The minimum atomic E-state index is 0.869. The number of halogens is 1. The Kier molecular flexibility index (Phi) is 3.55. The largest absolute Gasteiger partial charge is 0.399 e. The van der Waals surface area contributed by atoms with Crippen LogP contribution in [0.5, 0.6) is 0 Å². The molecule has 1 nitrogen and oxygen atoms in total. The van der Waals surface area contributed by atoms with Crippen molar-refractivity contribution in [3.05, 3.63) is 34.9 Å². The van der Waals surface area contributed by atoms with Gasteiger partial charge >= 0.3 is 0 Å². The van der Waals surface area contributed by atoms with Gasteiger partial charge < -0.3 is 5.73 Å². The highest BCUT2D eigenvalue weighted by atomic mass is 79.9. The number of hydrogen-bond donors (Lipinski definition) is 1. The van der Waals surface area contributed by atoms with E-state index in [9.17, 15) is 0 Å². The fourth-order valence-electron chi connectivity index (χ4n) is 1.21. The lowest BCUT2D eigenvalue weighted by Gasteiger charge is -2.05. The lowest BCUT2D eigenvalue weighted by Crippen LogP contribution is -1.92. The predicted octanol–water partition coefficient (Wildman–Crippen LogP) is 3.29. The molecule has 2 heteroatoms. The van der Waals surface area contributed by atoms with E-state index < -0.39 is 0 Å². The zero-order chi connectivity index (χ0) is 9.84. The van der Waals surface area contributed by atoms with Crippen LogP contribution in [0.15, 0.2) is 18.2 Å². The first-order chi connectivity index (χ1) is 6.15. The van der Waals surface area contributed by atoms with Gasteiger partial charge in [0.1, 0.15) is 0 Å². The highest BCUT2D eigenvalue weighted by molar-refractivity contribution is 9.09. The van der Waals surface area contributed by atoms with E-state index in [1.165, 1.54) is 11.1 Å². The first-order valence-electron chi connectivity index (χ1n) is 4.24. The maximum Gasteiger partial charge on any atom is 0.0346 e. The van der Waals surface area contributed by atoms with Crippen molar-refractivity contribution in [2.75, 3.05) is 11.1 Å². The van der Waals surface area contributed by atoms with Crippen LogP contribution in [0.1, 0.15) is 16.7 Å². The van der Waals surface area contributed by atoms with Crippen LogP contribution in [0.4, 0.5) is 5.69 Å². The molecule has 1 rings (SSSR count). The third-order valence-corrected chi connectivity index (χ3v) is 2.42. The summed E-state index contributed by atoms with van der Waals surface area (Å²) >= 11 is 3.35. The van der Waals surface area contributed by atoms with Crippen molar-refractivity contribution in [3.8, 4) is 0 Å². The van der Waals surface area contributed by atoms with Crippen molar-refractivity contribution in [2.24, 2.45) is 0 Å². The molecule has 0 aliphatic heterocycles. The Morgan fingerprint density at radius 3 is 2.62 bits per heavy atom. The number of aryl methyl sites for hydroxylation is 2. The van der Waals surface area contributed by atoms with E-state index in [-0.39, 0.29) is 0 Å². The molecule has 0 radical (unpaired) electrons. The average Bonchev–Trinajstić information content (AvgIpc) is 2.09. The van der Waals surface area contributed by atoms with Crippen LogP contribution in [-0.4, -0.2) is 5.33 Å². The number of rotatable bonds is 2. The number of anilines is 1. The van der Waals surface area contributed by atoms with Gasteiger partial charge in [0, 0.05) is 11.0 Å². The Bertz CT molecular complexity index is 329. The second kappa shape index (κ2) is 4.47. The van der Waals surface area contributed by atoms with Crippen molar-refractivity contribution in [3.63, 3.8) is 0 Å². The zero-order valence-corrected chi connectivity index (χ0v) is 9.56. The maximum absolute atomic E-state index is 5.78. The molecule has 2 N–H and O–H groups in total. The van der Waals surface area contributed by atoms with Crippen LogP contribution in [0.3, 0.4) is 0 Å². The third-order valence-electron chi connectivity index (χ3n) is 2.04. The van der Waals surface area contributed by atoms with Crippen LogP contribution in [0.25, 0.3) is 6.08 Å². The summed E-state index contributed by atoms with van der Waals surface area (Å²) < 4.78 is 0.